The van der Waals surface area contributed by atoms with Crippen molar-refractivity contribution in [3.05, 3.63) is 88.2 Å². The van der Waals surface area contributed by atoms with Gasteiger partial charge in [-0.2, -0.15) is 5.10 Å². The van der Waals surface area contributed by atoms with Crippen molar-refractivity contribution in [2.75, 3.05) is 12.9 Å². The Bertz CT molecular complexity index is 1500. The van der Waals surface area contributed by atoms with Crippen LogP contribution in [0.5, 0.6) is 11.5 Å². The topological polar surface area (TPSA) is 106 Å². The van der Waals surface area contributed by atoms with Crippen LogP contribution in [-0.4, -0.2) is 39.1 Å². The second-order valence-corrected chi connectivity index (χ2v) is 8.69. The molecule has 0 spiro atoms. The number of phenols is 1. The highest BCUT2D eigenvalue weighted by Crippen LogP contribution is 2.26. The van der Waals surface area contributed by atoms with Crippen LogP contribution in [0.15, 0.2) is 81.8 Å². The van der Waals surface area contributed by atoms with E-state index in [0.29, 0.717) is 38.8 Å². The number of methoxy groups -OCH3 is 1. The van der Waals surface area contributed by atoms with Gasteiger partial charge in [0.05, 0.1) is 35.2 Å². The Hall–Kier alpha value is -4.11. The van der Waals surface area contributed by atoms with Crippen LogP contribution in [0.25, 0.3) is 16.6 Å². The number of hydrogen-bond acceptors (Lipinski definition) is 7. The summed E-state index contributed by atoms with van der Waals surface area (Å²) in [6, 6.07) is 19.5. The highest BCUT2D eigenvalue weighted by Gasteiger charge is 2.16. The van der Waals surface area contributed by atoms with E-state index in [0.717, 1.165) is 17.3 Å². The molecule has 4 aromatic rings. The van der Waals surface area contributed by atoms with Gasteiger partial charge in [0, 0.05) is 5.56 Å². The number of nitrogens with zero attached hydrogens (tertiary/aromatic N) is 3. The fourth-order valence-corrected chi connectivity index (χ4v) is 4.31. The molecule has 0 atom stereocenters. The molecule has 0 unspecified atom stereocenters. The lowest BCUT2D eigenvalue weighted by Crippen LogP contribution is -2.25. The number of para-hydroxylation sites is 2. The SMILES string of the molecule is COc1cc(C(C)=NNC(=O)CSc2nc3ccccc3c(=O)n2-c2ccccc2C)ccc1O. The maximum Gasteiger partial charge on any atom is 0.266 e. The van der Waals surface area contributed by atoms with Gasteiger partial charge in [0.2, 0.25) is 0 Å². The van der Waals surface area contributed by atoms with Crippen molar-refractivity contribution in [2.24, 2.45) is 5.10 Å². The van der Waals surface area contributed by atoms with Crippen molar-refractivity contribution in [1.82, 2.24) is 15.0 Å². The molecular weight excluding hydrogens is 464 g/mol. The quantitative estimate of drug-likeness (QED) is 0.176. The zero-order valence-corrected chi connectivity index (χ0v) is 20.3. The maximum atomic E-state index is 13.4. The first-order valence-electron chi connectivity index (χ1n) is 10.8. The van der Waals surface area contributed by atoms with Crippen LogP contribution < -0.4 is 15.7 Å². The summed E-state index contributed by atoms with van der Waals surface area (Å²) >= 11 is 1.16. The van der Waals surface area contributed by atoms with Gasteiger partial charge in [0.1, 0.15) is 0 Å². The van der Waals surface area contributed by atoms with Gasteiger partial charge >= 0.3 is 0 Å². The molecule has 1 heterocycles. The Morgan fingerprint density at radius 3 is 2.66 bits per heavy atom. The van der Waals surface area contributed by atoms with Crippen molar-refractivity contribution in [1.29, 1.82) is 0 Å². The zero-order chi connectivity index (χ0) is 24.9. The minimum atomic E-state index is -0.348. The van der Waals surface area contributed by atoms with E-state index in [1.54, 1.807) is 41.8 Å². The second-order valence-electron chi connectivity index (χ2n) is 7.75. The number of hydrogen-bond donors (Lipinski definition) is 2. The predicted molar refractivity (Wildman–Crippen MR) is 138 cm³/mol. The molecule has 1 aromatic heterocycles. The van der Waals surface area contributed by atoms with E-state index in [4.69, 9.17) is 4.74 Å². The highest BCUT2D eigenvalue weighted by molar-refractivity contribution is 7.99. The van der Waals surface area contributed by atoms with E-state index in [-0.39, 0.29) is 23.0 Å². The summed E-state index contributed by atoms with van der Waals surface area (Å²) < 4.78 is 6.66. The summed E-state index contributed by atoms with van der Waals surface area (Å²) in [4.78, 5) is 30.6. The van der Waals surface area contributed by atoms with Gasteiger partial charge in [-0.3, -0.25) is 14.2 Å². The maximum absolute atomic E-state index is 13.4. The van der Waals surface area contributed by atoms with E-state index < -0.39 is 0 Å². The summed E-state index contributed by atoms with van der Waals surface area (Å²) in [7, 11) is 1.46. The van der Waals surface area contributed by atoms with Gasteiger partial charge in [0.25, 0.3) is 11.5 Å². The van der Waals surface area contributed by atoms with Gasteiger partial charge in [-0.1, -0.05) is 42.1 Å². The molecule has 3 aromatic carbocycles. The highest BCUT2D eigenvalue weighted by atomic mass is 32.2. The number of hydrazone groups is 1. The Morgan fingerprint density at radius 1 is 1.14 bits per heavy atom. The van der Waals surface area contributed by atoms with E-state index in [2.05, 4.69) is 15.5 Å². The van der Waals surface area contributed by atoms with E-state index >= 15 is 0 Å². The smallest absolute Gasteiger partial charge is 0.266 e. The zero-order valence-electron chi connectivity index (χ0n) is 19.5. The number of aromatic nitrogens is 2. The molecule has 35 heavy (non-hydrogen) atoms. The van der Waals surface area contributed by atoms with Gasteiger partial charge in [-0.15, -0.1) is 0 Å². The molecule has 0 radical (unpaired) electrons. The number of carbonyl (C=O) groups excluding carboxylic acids is 1. The lowest BCUT2D eigenvalue weighted by atomic mass is 10.1. The molecule has 4 rings (SSSR count). The molecule has 2 N–H and O–H groups in total. The Morgan fingerprint density at radius 2 is 1.89 bits per heavy atom. The average Bonchev–Trinajstić information content (AvgIpc) is 2.87. The minimum absolute atomic E-state index is 0.00629. The molecule has 9 heteroatoms. The molecular formula is C26H24N4O4S. The normalized spacial score (nSPS) is 11.5. The lowest BCUT2D eigenvalue weighted by molar-refractivity contribution is -0.118. The first-order chi connectivity index (χ1) is 16.9. The Kier molecular flexibility index (Phi) is 7.17. The van der Waals surface area contributed by atoms with Crippen LogP contribution in [0.3, 0.4) is 0 Å². The Labute approximate surface area is 206 Å². The van der Waals surface area contributed by atoms with Crippen molar-refractivity contribution >= 4 is 34.3 Å². The molecule has 1 amide bonds. The largest absolute Gasteiger partial charge is 0.504 e. The van der Waals surface area contributed by atoms with E-state index in [9.17, 15) is 14.7 Å². The van der Waals surface area contributed by atoms with Crippen LogP contribution in [-0.2, 0) is 4.79 Å². The third-order valence-electron chi connectivity index (χ3n) is 5.38. The monoisotopic (exact) mass is 488 g/mol. The lowest BCUT2D eigenvalue weighted by Gasteiger charge is -2.14. The number of fused-ring (bicyclic) bond motifs is 1. The Balaban J connectivity index is 1.57. The number of nitrogens with one attached hydrogen (secondary N) is 1. The van der Waals surface area contributed by atoms with Crippen LogP contribution in [0.4, 0.5) is 0 Å². The minimum Gasteiger partial charge on any atom is -0.504 e. The summed E-state index contributed by atoms with van der Waals surface area (Å²) in [5.41, 5.74) is 5.78. The average molecular weight is 489 g/mol. The number of aryl methyl sites for hydroxylation is 1. The third kappa shape index (κ3) is 5.20. The number of ether oxygens (including phenoxy) is 1. The number of benzene rings is 3. The van der Waals surface area contributed by atoms with E-state index in [1.807, 2.05) is 37.3 Å². The van der Waals surface area contributed by atoms with E-state index in [1.165, 1.54) is 13.2 Å². The van der Waals surface area contributed by atoms with Crippen molar-refractivity contribution in [2.45, 2.75) is 19.0 Å². The van der Waals surface area contributed by atoms with Crippen LogP contribution in [0.1, 0.15) is 18.1 Å². The molecule has 0 aliphatic rings. The van der Waals surface area contributed by atoms with Crippen LogP contribution in [0, 0.1) is 6.92 Å². The molecule has 0 saturated heterocycles. The first kappa shape index (κ1) is 24.0. The van der Waals surface area contributed by atoms with Gasteiger partial charge < -0.3 is 9.84 Å². The van der Waals surface area contributed by atoms with Crippen molar-refractivity contribution < 1.29 is 14.6 Å². The number of rotatable bonds is 7. The molecule has 0 saturated carbocycles. The van der Waals surface area contributed by atoms with Crippen LogP contribution in [0.2, 0.25) is 0 Å². The molecule has 0 aliphatic heterocycles. The van der Waals surface area contributed by atoms with Crippen molar-refractivity contribution in [3.8, 4) is 17.2 Å². The summed E-state index contributed by atoms with van der Waals surface area (Å²) in [5, 5.41) is 14.8. The summed E-state index contributed by atoms with van der Waals surface area (Å²) in [6.45, 7) is 3.66. The first-order valence-corrected chi connectivity index (χ1v) is 11.8. The van der Waals surface area contributed by atoms with Gasteiger partial charge in [-0.25, -0.2) is 10.4 Å². The fraction of sp³-hybridized carbons (Fsp3) is 0.154. The predicted octanol–water partition coefficient (Wildman–Crippen LogP) is 4.04. The van der Waals surface area contributed by atoms with Crippen LogP contribution >= 0.6 is 11.8 Å². The third-order valence-corrected chi connectivity index (χ3v) is 6.32. The summed E-state index contributed by atoms with van der Waals surface area (Å²) in [6.07, 6.45) is 0. The van der Waals surface area contributed by atoms with Crippen molar-refractivity contribution in [3.63, 3.8) is 0 Å². The molecule has 0 aliphatic carbocycles. The number of thioether (sulfide) groups is 1. The number of carbonyl (C=O) groups is 1. The second kappa shape index (κ2) is 10.4. The number of amides is 1. The van der Waals surface area contributed by atoms with Gasteiger partial charge in [-0.05, 0) is 55.8 Å². The standard InChI is InChI=1S/C26H24N4O4S/c1-16-8-4-7-11-21(16)30-25(33)19-9-5-6-10-20(19)27-26(30)35-15-24(32)29-28-17(2)18-12-13-22(31)23(14-18)34-3/h4-14,31H,15H2,1-3H3,(H,29,32). The fourth-order valence-electron chi connectivity index (χ4n) is 3.51. The summed E-state index contributed by atoms with van der Waals surface area (Å²) in [5.74, 6) is -0.00631. The molecule has 0 fully saturated rings. The van der Waals surface area contributed by atoms with Gasteiger partial charge in [0.15, 0.2) is 16.7 Å². The molecule has 0 bridgehead atoms. The number of aromatic hydroxyl groups is 1. The molecule has 178 valence electrons. The molecule has 8 nitrogen and oxygen atoms in total. The number of phenolic OH excluding ortho intramolecular Hbond substituents is 1.